The predicted molar refractivity (Wildman–Crippen MR) is 81.2 cm³/mol. The number of rotatable bonds is 2. The van der Waals surface area contributed by atoms with Gasteiger partial charge in [-0.1, -0.05) is 0 Å². The summed E-state index contributed by atoms with van der Waals surface area (Å²) in [6.45, 7) is 5.38. The molecule has 21 heavy (non-hydrogen) atoms. The average molecular weight is 397 g/mol. The Balaban J connectivity index is 2.80. The molecule has 0 radical (unpaired) electrons. The summed E-state index contributed by atoms with van der Waals surface area (Å²) in [5, 5.41) is 7.23. The molecule has 0 spiro atoms. The summed E-state index contributed by atoms with van der Waals surface area (Å²) in [5.41, 5.74) is -0.116. The minimum absolute atomic E-state index is 0.286. The molecule has 0 unspecified atom stereocenters. The molecule has 1 aromatic heterocycles. The molecule has 0 aliphatic rings. The van der Waals surface area contributed by atoms with Crippen molar-refractivity contribution in [1.82, 2.24) is 14.8 Å². The first-order valence-electron chi connectivity index (χ1n) is 5.88. The van der Waals surface area contributed by atoms with Gasteiger partial charge in [0.25, 0.3) is 14.2 Å². The fourth-order valence-corrected chi connectivity index (χ4v) is 3.42. The van der Waals surface area contributed by atoms with Gasteiger partial charge in [-0.3, -0.25) is 4.57 Å². The molecule has 5 nitrogen and oxygen atoms in total. The van der Waals surface area contributed by atoms with Crippen LogP contribution in [-0.4, -0.2) is 23.2 Å². The van der Waals surface area contributed by atoms with Crippen molar-refractivity contribution in [1.29, 1.82) is 0 Å². The number of hydrogen-bond acceptors (Lipinski definition) is 4. The molecule has 114 valence electrons. The third-order valence-electron chi connectivity index (χ3n) is 2.69. The van der Waals surface area contributed by atoms with E-state index in [1.54, 1.807) is 20.8 Å². The van der Waals surface area contributed by atoms with Gasteiger partial charge in [0.15, 0.2) is 5.82 Å². The van der Waals surface area contributed by atoms with Crippen LogP contribution in [0.1, 0.15) is 20.8 Å². The van der Waals surface area contributed by atoms with E-state index >= 15 is 0 Å². The number of halogens is 3. The molecule has 0 saturated heterocycles. The molecule has 0 fully saturated rings. The van der Waals surface area contributed by atoms with Crippen LogP contribution in [0.3, 0.4) is 0 Å². The first-order chi connectivity index (χ1) is 9.51. The van der Waals surface area contributed by atoms with Crippen LogP contribution in [0.4, 0.5) is 4.39 Å². The first kappa shape index (κ1) is 16.4. The third kappa shape index (κ3) is 3.27. The van der Waals surface area contributed by atoms with Gasteiger partial charge in [-0.05, 0) is 54.9 Å². The van der Waals surface area contributed by atoms with Crippen LogP contribution in [0, 0.1) is 5.82 Å². The number of aromatic nitrogens is 3. The van der Waals surface area contributed by atoms with Crippen molar-refractivity contribution in [3.05, 3.63) is 28.5 Å². The number of benzene rings is 1. The van der Waals surface area contributed by atoms with Crippen LogP contribution in [0.2, 0.25) is 0 Å². The lowest BCUT2D eigenvalue weighted by Gasteiger charge is -2.24. The van der Waals surface area contributed by atoms with E-state index in [9.17, 15) is 12.8 Å². The predicted octanol–water partition coefficient (Wildman–Crippen LogP) is 3.53. The summed E-state index contributed by atoms with van der Waals surface area (Å²) in [5.74, 6) is -0.133. The topological polar surface area (TPSA) is 64.8 Å². The fraction of sp³-hybridized carbons (Fsp3) is 0.333. The Labute approximate surface area is 134 Å². The van der Waals surface area contributed by atoms with Crippen molar-refractivity contribution in [2.75, 3.05) is 0 Å². The second-order valence-corrected chi connectivity index (χ2v) is 8.69. The maximum absolute atomic E-state index is 13.2. The van der Waals surface area contributed by atoms with Crippen LogP contribution in [0.15, 0.2) is 27.8 Å². The zero-order chi connectivity index (χ0) is 16.0. The Morgan fingerprint density at radius 3 is 2.38 bits per heavy atom. The molecule has 1 heterocycles. The van der Waals surface area contributed by atoms with Crippen molar-refractivity contribution >= 4 is 35.7 Å². The molecule has 2 aromatic rings. The fourth-order valence-electron chi connectivity index (χ4n) is 1.88. The van der Waals surface area contributed by atoms with Gasteiger partial charge in [-0.25, -0.2) is 12.8 Å². The van der Waals surface area contributed by atoms with Crippen molar-refractivity contribution < 1.29 is 12.8 Å². The molecular formula is C12H12BrClFN3O2S. The summed E-state index contributed by atoms with van der Waals surface area (Å²) < 4.78 is 38.4. The highest BCUT2D eigenvalue weighted by atomic mass is 79.9. The van der Waals surface area contributed by atoms with E-state index in [4.69, 9.17) is 10.7 Å². The molecule has 0 aliphatic heterocycles. The molecular weight excluding hydrogens is 385 g/mol. The number of nitrogens with zero attached hydrogens (tertiary/aromatic N) is 3. The van der Waals surface area contributed by atoms with Gasteiger partial charge in [0.1, 0.15) is 5.82 Å². The van der Waals surface area contributed by atoms with E-state index in [-0.39, 0.29) is 11.0 Å². The normalized spacial score (nSPS) is 12.7. The highest BCUT2D eigenvalue weighted by molar-refractivity contribution is 9.10. The molecule has 0 aliphatic carbocycles. The molecule has 1 aromatic carbocycles. The Hall–Kier alpha value is -0.990. The highest BCUT2D eigenvalue weighted by Gasteiger charge is 2.30. The minimum atomic E-state index is -4.05. The van der Waals surface area contributed by atoms with Crippen LogP contribution in [-0.2, 0) is 14.6 Å². The van der Waals surface area contributed by atoms with E-state index in [1.807, 2.05) is 0 Å². The van der Waals surface area contributed by atoms with Crippen molar-refractivity contribution in [2.24, 2.45) is 0 Å². The maximum Gasteiger partial charge on any atom is 0.296 e. The van der Waals surface area contributed by atoms with Gasteiger partial charge in [-0.2, -0.15) is 0 Å². The minimum Gasteiger partial charge on any atom is -0.291 e. The van der Waals surface area contributed by atoms with E-state index < -0.39 is 20.4 Å². The lowest BCUT2D eigenvalue weighted by Crippen LogP contribution is -2.26. The van der Waals surface area contributed by atoms with Crippen molar-refractivity contribution in [3.63, 3.8) is 0 Å². The van der Waals surface area contributed by atoms with Gasteiger partial charge >= 0.3 is 0 Å². The van der Waals surface area contributed by atoms with Crippen LogP contribution in [0.25, 0.3) is 11.4 Å². The van der Waals surface area contributed by atoms with Crippen LogP contribution in [0.5, 0.6) is 0 Å². The average Bonchev–Trinajstić information content (AvgIpc) is 2.72. The monoisotopic (exact) mass is 395 g/mol. The third-order valence-corrected chi connectivity index (χ3v) is 4.46. The summed E-state index contributed by atoms with van der Waals surface area (Å²) >= 11 is 3.24. The lowest BCUT2D eigenvalue weighted by molar-refractivity contribution is 0.367. The SMILES string of the molecule is CC(C)(C)n1c(-c2ccc(F)cc2Br)nnc1S(=O)(=O)Cl. The molecule has 2 rings (SSSR count). The van der Waals surface area contributed by atoms with Crippen LogP contribution < -0.4 is 0 Å². The first-order valence-corrected chi connectivity index (χ1v) is 8.98. The van der Waals surface area contributed by atoms with E-state index in [2.05, 4.69) is 26.1 Å². The van der Waals surface area contributed by atoms with Gasteiger partial charge in [0.05, 0.1) is 0 Å². The summed E-state index contributed by atoms with van der Waals surface area (Å²) in [6.07, 6.45) is 0. The second kappa shape index (κ2) is 5.33. The van der Waals surface area contributed by atoms with Gasteiger partial charge in [0.2, 0.25) is 0 Å². The van der Waals surface area contributed by atoms with E-state index in [0.717, 1.165) is 0 Å². The zero-order valence-corrected chi connectivity index (χ0v) is 14.6. The molecule has 0 saturated carbocycles. The smallest absolute Gasteiger partial charge is 0.291 e. The molecule has 0 atom stereocenters. The molecule has 9 heteroatoms. The quantitative estimate of drug-likeness (QED) is 0.729. The zero-order valence-electron chi connectivity index (χ0n) is 11.4. The van der Waals surface area contributed by atoms with Gasteiger partial charge in [0, 0.05) is 26.3 Å². The Bertz CT molecular complexity index is 799. The van der Waals surface area contributed by atoms with E-state index in [0.29, 0.717) is 10.0 Å². The summed E-state index contributed by atoms with van der Waals surface area (Å²) in [6, 6.07) is 4.03. The highest BCUT2D eigenvalue weighted by Crippen LogP contribution is 2.33. The van der Waals surface area contributed by atoms with Gasteiger partial charge < -0.3 is 0 Å². The molecule has 0 bridgehead atoms. The summed E-state index contributed by atoms with van der Waals surface area (Å²) in [7, 11) is 1.36. The maximum atomic E-state index is 13.2. The lowest BCUT2D eigenvalue weighted by atomic mass is 10.1. The van der Waals surface area contributed by atoms with Crippen molar-refractivity contribution in [3.8, 4) is 11.4 Å². The largest absolute Gasteiger partial charge is 0.296 e. The molecule has 0 amide bonds. The van der Waals surface area contributed by atoms with Gasteiger partial charge in [-0.15, -0.1) is 10.2 Å². The molecule has 0 N–H and O–H groups in total. The Morgan fingerprint density at radius 2 is 1.90 bits per heavy atom. The Kier molecular flexibility index (Phi) is 4.16. The summed E-state index contributed by atoms with van der Waals surface area (Å²) in [4.78, 5) is 0. The van der Waals surface area contributed by atoms with E-state index in [1.165, 1.54) is 22.8 Å². The standard InChI is InChI=1S/C12H12BrClFN3O2S/c1-12(2,3)18-10(16-17-11(18)21(14,19)20)8-5-4-7(15)6-9(8)13/h4-6H,1-3H3. The number of hydrogen-bond donors (Lipinski definition) is 0. The van der Waals surface area contributed by atoms with Crippen LogP contribution >= 0.6 is 26.6 Å². The van der Waals surface area contributed by atoms with Crippen molar-refractivity contribution in [2.45, 2.75) is 31.5 Å². The Morgan fingerprint density at radius 1 is 1.29 bits per heavy atom. The second-order valence-electron chi connectivity index (χ2n) is 5.37.